The summed E-state index contributed by atoms with van der Waals surface area (Å²) in [5.74, 6) is -0.418. The third kappa shape index (κ3) is 16.7. The number of H-pyrrole nitrogens is 2. The summed E-state index contributed by atoms with van der Waals surface area (Å²) in [5, 5.41) is 12.4. The van der Waals surface area contributed by atoms with Gasteiger partial charge in [-0.05, 0) is 98.5 Å². The zero-order valence-electron chi connectivity index (χ0n) is 48.0. The second-order valence-corrected chi connectivity index (χ2v) is 20.2. The molecular formula is C64H74Br4N12O4. The zero-order valence-corrected chi connectivity index (χ0v) is 54.3. The number of fused-ring (bicyclic) bond motifs is 8. The molecule has 9 rings (SSSR count). The minimum absolute atomic E-state index is 0. The summed E-state index contributed by atoms with van der Waals surface area (Å²) in [6.45, 7) is 11.0. The third-order valence-electron chi connectivity index (χ3n) is 14.2. The van der Waals surface area contributed by atoms with Crippen LogP contribution in [0.15, 0.2) is 122 Å². The number of rotatable bonds is 24. The Balaban J connectivity index is 0.00000323. The maximum atomic E-state index is 13.7. The van der Waals surface area contributed by atoms with Gasteiger partial charge in [0.05, 0.1) is 67.1 Å². The quantitative estimate of drug-likeness (QED) is 0.0266. The Labute approximate surface area is 533 Å². The molecule has 2 aliphatic heterocycles. The SMILES string of the molecule is CCCCNC(=O)C[n+]1ccccc1-c1c2nc(c(-c3cccc[n+]3CC(=O)NCCCC)c3ccc([nH]3)c(-c3cccc[n+]3CC(=O)NCCCC)c3ccc([nH]3)c(-c3cccc[n+]3CC(=O)NCCCC)c3nc1C=C3)C=C2.[Br-].[Br-].[Br-].[Br-]. The molecule has 0 aromatic carbocycles. The van der Waals surface area contributed by atoms with Crippen molar-refractivity contribution in [1.82, 2.24) is 41.2 Å². The van der Waals surface area contributed by atoms with Crippen molar-refractivity contribution < 1.29 is 105 Å². The van der Waals surface area contributed by atoms with E-state index in [1.54, 1.807) is 0 Å². The molecule has 0 saturated carbocycles. The number of unbranched alkanes of at least 4 members (excludes halogenated alkanes) is 4. The topological polar surface area (TPSA) is 189 Å². The van der Waals surface area contributed by atoms with Gasteiger partial charge in [-0.15, -0.1) is 0 Å². The summed E-state index contributed by atoms with van der Waals surface area (Å²) >= 11 is 0. The molecule has 16 nitrogen and oxygen atoms in total. The third-order valence-corrected chi connectivity index (χ3v) is 14.2. The molecule has 7 aromatic heterocycles. The van der Waals surface area contributed by atoms with Gasteiger partial charge in [-0.2, -0.15) is 18.3 Å². The van der Waals surface area contributed by atoms with Crippen molar-refractivity contribution in [2.24, 2.45) is 0 Å². The molecular weight excluding hydrogens is 1320 g/mol. The van der Waals surface area contributed by atoms with Crippen LogP contribution in [0.3, 0.4) is 0 Å². The Bertz CT molecular complexity index is 3490. The summed E-state index contributed by atoms with van der Waals surface area (Å²) in [4.78, 5) is 73.4. The van der Waals surface area contributed by atoms with Gasteiger partial charge in [-0.25, -0.2) is 9.97 Å². The van der Waals surface area contributed by atoms with Gasteiger partial charge in [0.2, 0.25) is 49.0 Å². The molecule has 8 bridgehead atoms. The molecule has 9 heterocycles. The van der Waals surface area contributed by atoms with Crippen LogP contribution in [0.1, 0.15) is 102 Å². The highest BCUT2D eigenvalue weighted by molar-refractivity contribution is 5.98. The highest BCUT2D eigenvalue weighted by atomic mass is 79.9. The van der Waals surface area contributed by atoms with Gasteiger partial charge in [-0.1, -0.05) is 53.4 Å². The molecule has 20 heteroatoms. The number of carbonyl (C=O) groups excluding carboxylic acids is 4. The molecule has 0 spiro atoms. The molecule has 0 aliphatic carbocycles. The van der Waals surface area contributed by atoms with Gasteiger partial charge in [-0.3, -0.25) is 19.2 Å². The molecule has 7 aromatic rings. The predicted molar refractivity (Wildman–Crippen MR) is 313 cm³/mol. The molecule has 0 atom stereocenters. The molecule has 0 unspecified atom stereocenters. The summed E-state index contributed by atoms with van der Waals surface area (Å²) < 4.78 is 7.81. The number of aromatic nitrogens is 8. The van der Waals surface area contributed by atoms with Crippen molar-refractivity contribution in [3.8, 4) is 45.0 Å². The maximum absolute atomic E-state index is 13.7. The highest BCUT2D eigenvalue weighted by Crippen LogP contribution is 2.37. The Morgan fingerprint density at radius 2 is 0.607 bits per heavy atom. The lowest BCUT2D eigenvalue weighted by Crippen LogP contribution is -3.00. The Hall–Kier alpha value is -7.00. The number of nitrogens with one attached hydrogen (secondary N) is 6. The first-order valence-electron chi connectivity index (χ1n) is 28.4. The van der Waals surface area contributed by atoms with Gasteiger partial charge in [0.15, 0.2) is 24.8 Å². The van der Waals surface area contributed by atoms with E-state index < -0.39 is 0 Å². The van der Waals surface area contributed by atoms with E-state index in [9.17, 15) is 19.2 Å². The van der Waals surface area contributed by atoms with Crippen LogP contribution in [0.25, 0.3) is 91.4 Å². The number of carbonyl (C=O) groups is 4. The summed E-state index contributed by atoms with van der Waals surface area (Å²) in [5.41, 5.74) is 11.4. The lowest BCUT2D eigenvalue weighted by Gasteiger charge is -2.08. The van der Waals surface area contributed by atoms with Crippen LogP contribution >= 0.6 is 0 Å². The summed E-state index contributed by atoms with van der Waals surface area (Å²) in [6.07, 6.45) is 23.0. The largest absolute Gasteiger partial charge is 1.00 e. The van der Waals surface area contributed by atoms with Gasteiger partial charge < -0.3 is 99.2 Å². The van der Waals surface area contributed by atoms with E-state index in [4.69, 9.17) is 9.97 Å². The first kappa shape index (κ1) is 67.8. The number of hydrogen-bond donors (Lipinski definition) is 6. The average molecular weight is 1390 g/mol. The van der Waals surface area contributed by atoms with Crippen molar-refractivity contribution in [3.63, 3.8) is 0 Å². The minimum Gasteiger partial charge on any atom is -1.00 e. The Kier molecular flexibility index (Phi) is 27.0. The Morgan fingerprint density at radius 1 is 0.357 bits per heavy atom. The van der Waals surface area contributed by atoms with Crippen molar-refractivity contribution in [2.45, 2.75) is 105 Å². The number of aromatic amines is 2. The second-order valence-electron chi connectivity index (χ2n) is 20.2. The number of pyridine rings is 4. The van der Waals surface area contributed by atoms with Gasteiger partial charge in [0.1, 0.15) is 0 Å². The molecule has 442 valence electrons. The summed E-state index contributed by atoms with van der Waals surface area (Å²) in [7, 11) is 0. The Morgan fingerprint density at radius 3 is 0.893 bits per heavy atom. The number of amides is 4. The monoisotopic (exact) mass is 1390 g/mol. The first-order valence-corrected chi connectivity index (χ1v) is 28.4. The van der Waals surface area contributed by atoms with E-state index >= 15 is 0 Å². The fraction of sp³-hybridized carbons (Fsp3) is 0.312. The van der Waals surface area contributed by atoms with Crippen molar-refractivity contribution in [3.05, 3.63) is 145 Å². The van der Waals surface area contributed by atoms with E-state index in [1.807, 2.05) is 164 Å². The van der Waals surface area contributed by atoms with Crippen molar-refractivity contribution in [1.29, 1.82) is 0 Å². The summed E-state index contributed by atoms with van der Waals surface area (Å²) in [6, 6.07) is 31.7. The second kappa shape index (κ2) is 33.5. The van der Waals surface area contributed by atoms with E-state index in [2.05, 4.69) is 58.9 Å². The van der Waals surface area contributed by atoms with Crippen LogP contribution < -0.4 is 107 Å². The van der Waals surface area contributed by atoms with Crippen LogP contribution in [-0.2, 0) is 45.4 Å². The minimum atomic E-state index is -0.111. The lowest BCUT2D eigenvalue weighted by molar-refractivity contribution is -0.673. The van der Waals surface area contributed by atoms with E-state index in [0.29, 0.717) is 54.5 Å². The maximum Gasteiger partial charge on any atom is 0.286 e. The number of nitrogens with zero attached hydrogens (tertiary/aromatic N) is 6. The number of hydrogen-bond acceptors (Lipinski definition) is 6. The van der Waals surface area contributed by atoms with E-state index in [0.717, 1.165) is 113 Å². The van der Waals surface area contributed by atoms with Crippen LogP contribution in [0.2, 0.25) is 0 Å². The smallest absolute Gasteiger partial charge is 0.286 e. The van der Waals surface area contributed by atoms with Gasteiger partial charge >= 0.3 is 0 Å². The zero-order chi connectivity index (χ0) is 55.8. The fourth-order valence-electron chi connectivity index (χ4n) is 10.1. The molecule has 84 heavy (non-hydrogen) atoms. The fourth-order valence-corrected chi connectivity index (χ4v) is 10.1. The molecule has 0 fully saturated rings. The van der Waals surface area contributed by atoms with Crippen LogP contribution in [-0.4, -0.2) is 69.7 Å². The van der Waals surface area contributed by atoms with E-state index in [1.165, 1.54) is 0 Å². The predicted octanol–water partition coefficient (Wildman–Crippen LogP) is -3.85. The lowest BCUT2D eigenvalue weighted by atomic mass is 10.1. The van der Waals surface area contributed by atoms with Crippen molar-refractivity contribution in [2.75, 3.05) is 26.2 Å². The number of halogens is 4. The van der Waals surface area contributed by atoms with Gasteiger partial charge in [0, 0.05) is 74.7 Å². The average Bonchev–Trinajstić information content (AvgIpc) is 4.16. The molecule has 4 amide bonds. The van der Waals surface area contributed by atoms with Crippen LogP contribution in [0.4, 0.5) is 0 Å². The van der Waals surface area contributed by atoms with Crippen LogP contribution in [0.5, 0.6) is 0 Å². The van der Waals surface area contributed by atoms with Crippen LogP contribution in [0, 0.1) is 0 Å². The first-order chi connectivity index (χ1) is 39.2. The molecule has 2 aliphatic rings. The molecule has 6 N–H and O–H groups in total. The van der Waals surface area contributed by atoms with Crippen molar-refractivity contribution >= 4 is 70.0 Å². The normalized spacial score (nSPS) is 11.1. The molecule has 0 radical (unpaired) electrons. The highest BCUT2D eigenvalue weighted by Gasteiger charge is 2.30. The van der Waals surface area contributed by atoms with E-state index in [-0.39, 0.29) is 118 Å². The van der Waals surface area contributed by atoms with Gasteiger partial charge in [0.25, 0.3) is 23.6 Å². The standard InChI is InChI=1S/C64H70N12O4.4BrH/c1-5-9-33-65-57(77)41-73-37-17-13-21-53(73)61-45-25-27-47(69-45)62(54-22-14-18-38-74(54)42-58(78)66-34-10-6-2)49-29-31-51(71-49)64(56-24-16-20-40-76(56)44-60(80)68-36-12-8-4)52-32-30-50(72-52)63(48-28-26-46(61)70-48)55-23-15-19-39-75(55)43-59(79)67-35-11-7-3;;;;/h13-32,37-40H,5-12,33-36,41-44H2,1-4H3,(H2-3,65,66,67,68,69,70,71,72,77,78,79,80);4*1H. The molecule has 0 saturated heterocycles.